The highest BCUT2D eigenvalue weighted by Crippen LogP contribution is 2.21. The van der Waals surface area contributed by atoms with E-state index in [1.165, 1.54) is 0 Å². The van der Waals surface area contributed by atoms with E-state index in [1.807, 2.05) is 31.2 Å². The van der Waals surface area contributed by atoms with Gasteiger partial charge in [-0.1, -0.05) is 29.8 Å². The third kappa shape index (κ3) is 6.39. The van der Waals surface area contributed by atoms with Gasteiger partial charge in [-0.2, -0.15) is 11.8 Å². The van der Waals surface area contributed by atoms with Gasteiger partial charge < -0.3 is 10.1 Å². The molecule has 0 fully saturated rings. The van der Waals surface area contributed by atoms with Crippen LogP contribution < -0.4 is 5.32 Å². The van der Waals surface area contributed by atoms with E-state index in [4.69, 9.17) is 16.3 Å². The van der Waals surface area contributed by atoms with Gasteiger partial charge in [-0.3, -0.25) is 9.59 Å². The number of aryl methyl sites for hydroxylation is 1. The zero-order valence-electron chi connectivity index (χ0n) is 14.9. The minimum Gasteiger partial charge on any atom is -0.466 e. The molecule has 0 aliphatic rings. The van der Waals surface area contributed by atoms with Crippen molar-refractivity contribution in [2.75, 3.05) is 17.7 Å². The van der Waals surface area contributed by atoms with Crippen molar-refractivity contribution in [1.82, 2.24) is 0 Å². The largest absolute Gasteiger partial charge is 0.466 e. The highest BCUT2D eigenvalue weighted by atomic mass is 35.5. The molecule has 0 unspecified atom stereocenters. The molecule has 0 aromatic heterocycles. The molecule has 0 bridgehead atoms. The molecule has 0 radical (unpaired) electrons. The summed E-state index contributed by atoms with van der Waals surface area (Å²) in [7, 11) is 0. The summed E-state index contributed by atoms with van der Waals surface area (Å²) in [5, 5.41) is 3.47. The molecule has 26 heavy (non-hydrogen) atoms. The van der Waals surface area contributed by atoms with E-state index >= 15 is 0 Å². The molecule has 0 heterocycles. The Morgan fingerprint density at radius 3 is 2.54 bits per heavy atom. The van der Waals surface area contributed by atoms with E-state index in [2.05, 4.69) is 5.32 Å². The second-order valence-electron chi connectivity index (χ2n) is 5.72. The standard InChI is InChI=1S/C20H22ClNO3S/c1-3-25-19(23)10-11-26-13-15-5-7-16(8-6-15)20(24)22-17-9-4-14(2)18(21)12-17/h4-9,12H,3,10-11,13H2,1-2H3,(H,22,24). The van der Waals surface area contributed by atoms with Crippen LogP contribution in [0.2, 0.25) is 5.02 Å². The maximum absolute atomic E-state index is 12.3. The Hall–Kier alpha value is -1.98. The Bertz CT molecular complexity index is 762. The summed E-state index contributed by atoms with van der Waals surface area (Å²) in [6.07, 6.45) is 0.415. The molecular weight excluding hydrogens is 370 g/mol. The fourth-order valence-electron chi connectivity index (χ4n) is 2.20. The molecule has 2 aromatic carbocycles. The highest BCUT2D eigenvalue weighted by molar-refractivity contribution is 7.98. The van der Waals surface area contributed by atoms with Gasteiger partial charge in [-0.15, -0.1) is 0 Å². The third-order valence-corrected chi connectivity index (χ3v) is 5.11. The Balaban J connectivity index is 1.83. The van der Waals surface area contributed by atoms with Crippen molar-refractivity contribution in [2.45, 2.75) is 26.0 Å². The van der Waals surface area contributed by atoms with E-state index in [1.54, 1.807) is 36.9 Å². The number of halogens is 1. The van der Waals surface area contributed by atoms with Gasteiger partial charge in [0.2, 0.25) is 0 Å². The summed E-state index contributed by atoms with van der Waals surface area (Å²) in [5.41, 5.74) is 3.33. The Labute approximate surface area is 163 Å². The van der Waals surface area contributed by atoms with Gasteiger partial charge >= 0.3 is 5.97 Å². The predicted molar refractivity (Wildman–Crippen MR) is 108 cm³/mol. The van der Waals surface area contributed by atoms with Crippen LogP contribution in [0.5, 0.6) is 0 Å². The summed E-state index contributed by atoms with van der Waals surface area (Å²) in [6, 6.07) is 12.9. The number of carbonyl (C=O) groups is 2. The Kier molecular flexibility index (Phi) is 8.01. The van der Waals surface area contributed by atoms with E-state index < -0.39 is 0 Å². The molecule has 2 aromatic rings. The number of carbonyl (C=O) groups excluding carboxylic acids is 2. The van der Waals surface area contributed by atoms with Gasteiger partial charge in [-0.05, 0) is 49.2 Å². The van der Waals surface area contributed by atoms with Crippen molar-refractivity contribution >= 4 is 40.9 Å². The van der Waals surface area contributed by atoms with Crippen LogP contribution in [0.3, 0.4) is 0 Å². The number of nitrogens with one attached hydrogen (secondary N) is 1. The van der Waals surface area contributed by atoms with Gasteiger partial charge in [-0.25, -0.2) is 0 Å². The highest BCUT2D eigenvalue weighted by Gasteiger charge is 2.07. The maximum Gasteiger partial charge on any atom is 0.306 e. The lowest BCUT2D eigenvalue weighted by atomic mass is 10.1. The lowest BCUT2D eigenvalue weighted by molar-refractivity contribution is -0.142. The van der Waals surface area contributed by atoms with Gasteiger partial charge in [0, 0.05) is 27.8 Å². The van der Waals surface area contributed by atoms with Crippen LogP contribution in [0.1, 0.15) is 34.8 Å². The summed E-state index contributed by atoms with van der Waals surface area (Å²) < 4.78 is 4.89. The average molecular weight is 392 g/mol. The molecule has 0 aliphatic carbocycles. The van der Waals surface area contributed by atoms with Crippen molar-refractivity contribution in [1.29, 1.82) is 0 Å². The van der Waals surface area contributed by atoms with Crippen LogP contribution in [-0.2, 0) is 15.3 Å². The number of ether oxygens (including phenoxy) is 1. The topological polar surface area (TPSA) is 55.4 Å². The van der Waals surface area contributed by atoms with Gasteiger partial charge in [0.1, 0.15) is 0 Å². The molecular formula is C20H22ClNO3S. The van der Waals surface area contributed by atoms with Gasteiger partial charge in [0.15, 0.2) is 0 Å². The predicted octanol–water partition coefficient (Wildman–Crippen LogP) is 5.09. The molecule has 0 aliphatic heterocycles. The fourth-order valence-corrected chi connectivity index (χ4v) is 3.27. The Morgan fingerprint density at radius 2 is 1.88 bits per heavy atom. The summed E-state index contributed by atoms with van der Waals surface area (Å²) in [6.45, 7) is 4.13. The van der Waals surface area contributed by atoms with Crippen molar-refractivity contribution in [3.63, 3.8) is 0 Å². The van der Waals surface area contributed by atoms with Crippen LogP contribution in [0.4, 0.5) is 5.69 Å². The summed E-state index contributed by atoms with van der Waals surface area (Å²) >= 11 is 7.74. The zero-order valence-corrected chi connectivity index (χ0v) is 16.5. The first-order chi connectivity index (χ1) is 12.5. The molecule has 2 rings (SSSR count). The lowest BCUT2D eigenvalue weighted by Gasteiger charge is -2.08. The second-order valence-corrected chi connectivity index (χ2v) is 7.23. The first kappa shape index (κ1) is 20.3. The van der Waals surface area contributed by atoms with Crippen LogP contribution in [0, 0.1) is 6.92 Å². The number of rotatable bonds is 8. The quantitative estimate of drug-likeness (QED) is 0.503. The average Bonchev–Trinajstić information content (AvgIpc) is 2.62. The number of amides is 1. The summed E-state index contributed by atoms with van der Waals surface area (Å²) in [5.74, 6) is 1.17. The molecule has 0 atom stereocenters. The van der Waals surface area contributed by atoms with E-state index in [0.717, 1.165) is 22.6 Å². The normalized spacial score (nSPS) is 10.4. The van der Waals surface area contributed by atoms with Crippen molar-refractivity contribution in [2.24, 2.45) is 0 Å². The maximum atomic E-state index is 12.3. The van der Waals surface area contributed by atoms with E-state index in [9.17, 15) is 9.59 Å². The second kappa shape index (κ2) is 10.2. The zero-order chi connectivity index (χ0) is 18.9. The molecule has 0 saturated heterocycles. The first-order valence-electron chi connectivity index (χ1n) is 8.39. The number of esters is 1. The molecule has 6 heteroatoms. The molecule has 0 spiro atoms. The van der Waals surface area contributed by atoms with Gasteiger partial charge in [0.25, 0.3) is 5.91 Å². The SMILES string of the molecule is CCOC(=O)CCSCc1ccc(C(=O)Nc2ccc(C)c(Cl)c2)cc1. The summed E-state index contributed by atoms with van der Waals surface area (Å²) in [4.78, 5) is 23.6. The van der Waals surface area contributed by atoms with E-state index in [-0.39, 0.29) is 11.9 Å². The first-order valence-corrected chi connectivity index (χ1v) is 9.92. The number of anilines is 1. The van der Waals surface area contributed by atoms with Crippen molar-refractivity contribution < 1.29 is 14.3 Å². The molecule has 1 amide bonds. The minimum absolute atomic E-state index is 0.164. The number of hydrogen-bond donors (Lipinski definition) is 1. The van der Waals surface area contributed by atoms with Crippen molar-refractivity contribution in [3.8, 4) is 0 Å². The van der Waals surface area contributed by atoms with Crippen LogP contribution in [0.25, 0.3) is 0 Å². The monoisotopic (exact) mass is 391 g/mol. The number of thioether (sulfide) groups is 1. The third-order valence-electron chi connectivity index (χ3n) is 3.67. The van der Waals surface area contributed by atoms with Crippen LogP contribution in [0.15, 0.2) is 42.5 Å². The smallest absolute Gasteiger partial charge is 0.306 e. The molecule has 1 N–H and O–H groups in total. The van der Waals surface area contributed by atoms with Crippen molar-refractivity contribution in [3.05, 3.63) is 64.2 Å². The van der Waals surface area contributed by atoms with Crippen LogP contribution >= 0.6 is 23.4 Å². The van der Waals surface area contributed by atoms with Gasteiger partial charge in [0.05, 0.1) is 13.0 Å². The fraction of sp³-hybridized carbons (Fsp3) is 0.300. The molecule has 138 valence electrons. The minimum atomic E-state index is -0.175. The molecule has 4 nitrogen and oxygen atoms in total. The number of hydrogen-bond acceptors (Lipinski definition) is 4. The van der Waals surface area contributed by atoms with Crippen LogP contribution in [-0.4, -0.2) is 24.2 Å². The molecule has 0 saturated carbocycles. The lowest BCUT2D eigenvalue weighted by Crippen LogP contribution is -2.11. The number of benzene rings is 2. The Morgan fingerprint density at radius 1 is 1.15 bits per heavy atom. The van der Waals surface area contributed by atoms with E-state index in [0.29, 0.717) is 29.3 Å².